The van der Waals surface area contributed by atoms with Gasteiger partial charge in [0.25, 0.3) is 0 Å². The van der Waals surface area contributed by atoms with Gasteiger partial charge in [-0.05, 0) is 51.2 Å². The zero-order valence-corrected chi connectivity index (χ0v) is 12.3. The largest absolute Gasteiger partial charge is 0.484 e. The van der Waals surface area contributed by atoms with Gasteiger partial charge in [0.2, 0.25) is 0 Å². The van der Waals surface area contributed by atoms with Crippen molar-refractivity contribution in [2.24, 2.45) is 5.92 Å². The third-order valence-corrected chi connectivity index (χ3v) is 3.60. The van der Waals surface area contributed by atoms with Crippen LogP contribution in [0.2, 0.25) is 0 Å². The first-order valence-corrected chi connectivity index (χ1v) is 7.18. The van der Waals surface area contributed by atoms with Crippen LogP contribution in [0.1, 0.15) is 40.0 Å². The van der Waals surface area contributed by atoms with Crippen molar-refractivity contribution in [3.63, 3.8) is 0 Å². The minimum atomic E-state index is -0.363. The molecule has 1 aliphatic carbocycles. The summed E-state index contributed by atoms with van der Waals surface area (Å²) in [6.45, 7) is 5.94. The predicted octanol–water partition coefficient (Wildman–Crippen LogP) is 3.98. The monoisotopic (exact) mass is 278 g/mol. The van der Waals surface area contributed by atoms with Crippen molar-refractivity contribution in [1.82, 2.24) is 0 Å². The molecule has 0 amide bonds. The SMILES string of the molecule is CC1CCC(Nc2cccc(OC(C)C)c2[N+](=O)[O-])C1. The summed E-state index contributed by atoms with van der Waals surface area (Å²) in [5.74, 6) is 1.02. The molecule has 2 atom stereocenters. The maximum atomic E-state index is 11.3. The van der Waals surface area contributed by atoms with E-state index in [2.05, 4.69) is 12.2 Å². The highest BCUT2D eigenvalue weighted by molar-refractivity contribution is 5.68. The van der Waals surface area contributed by atoms with Crippen LogP contribution in [0.25, 0.3) is 0 Å². The molecule has 5 nitrogen and oxygen atoms in total. The van der Waals surface area contributed by atoms with E-state index in [1.165, 1.54) is 6.42 Å². The van der Waals surface area contributed by atoms with Gasteiger partial charge in [0.1, 0.15) is 5.69 Å². The molecule has 1 N–H and O–H groups in total. The number of anilines is 1. The summed E-state index contributed by atoms with van der Waals surface area (Å²) in [4.78, 5) is 11.0. The van der Waals surface area contributed by atoms with E-state index in [0.29, 0.717) is 23.4 Å². The number of nitro groups is 1. The van der Waals surface area contributed by atoms with E-state index in [-0.39, 0.29) is 16.7 Å². The number of nitro benzene ring substituents is 1. The van der Waals surface area contributed by atoms with Crippen LogP contribution < -0.4 is 10.1 Å². The number of para-hydroxylation sites is 1. The molecule has 0 bridgehead atoms. The summed E-state index contributed by atoms with van der Waals surface area (Å²) < 4.78 is 5.55. The van der Waals surface area contributed by atoms with Gasteiger partial charge in [0.15, 0.2) is 5.75 Å². The van der Waals surface area contributed by atoms with Crippen molar-refractivity contribution in [1.29, 1.82) is 0 Å². The fourth-order valence-corrected chi connectivity index (χ4v) is 2.73. The number of rotatable bonds is 5. The Morgan fingerprint density at radius 1 is 1.40 bits per heavy atom. The molecule has 110 valence electrons. The van der Waals surface area contributed by atoms with Crippen LogP contribution in [-0.4, -0.2) is 17.1 Å². The quantitative estimate of drug-likeness (QED) is 0.653. The highest BCUT2D eigenvalue weighted by Gasteiger charge is 2.26. The van der Waals surface area contributed by atoms with Gasteiger partial charge in [-0.1, -0.05) is 13.0 Å². The highest BCUT2D eigenvalue weighted by Crippen LogP contribution is 2.37. The van der Waals surface area contributed by atoms with E-state index >= 15 is 0 Å². The van der Waals surface area contributed by atoms with Gasteiger partial charge in [-0.25, -0.2) is 0 Å². The smallest absolute Gasteiger partial charge is 0.333 e. The van der Waals surface area contributed by atoms with Crippen LogP contribution in [-0.2, 0) is 0 Å². The molecule has 0 spiro atoms. The van der Waals surface area contributed by atoms with Gasteiger partial charge in [0, 0.05) is 6.04 Å². The molecular weight excluding hydrogens is 256 g/mol. The normalized spacial score (nSPS) is 22.0. The second-order valence-electron chi connectivity index (χ2n) is 5.84. The number of hydrogen-bond acceptors (Lipinski definition) is 4. The lowest BCUT2D eigenvalue weighted by Gasteiger charge is -2.16. The van der Waals surface area contributed by atoms with Gasteiger partial charge >= 0.3 is 5.69 Å². The molecule has 1 aliphatic rings. The van der Waals surface area contributed by atoms with Gasteiger partial charge in [-0.15, -0.1) is 0 Å². The van der Waals surface area contributed by atoms with Gasteiger partial charge in [-0.2, -0.15) is 0 Å². The number of hydrogen-bond donors (Lipinski definition) is 1. The molecule has 1 fully saturated rings. The fraction of sp³-hybridized carbons (Fsp3) is 0.600. The summed E-state index contributed by atoms with van der Waals surface area (Å²) in [7, 11) is 0. The summed E-state index contributed by atoms with van der Waals surface area (Å²) in [5.41, 5.74) is 0.605. The van der Waals surface area contributed by atoms with Crippen LogP contribution in [0.5, 0.6) is 5.75 Å². The van der Waals surface area contributed by atoms with Crippen LogP contribution in [0.15, 0.2) is 18.2 Å². The van der Waals surface area contributed by atoms with Crippen LogP contribution >= 0.6 is 0 Å². The van der Waals surface area contributed by atoms with Gasteiger partial charge in [-0.3, -0.25) is 10.1 Å². The Labute approximate surface area is 119 Å². The number of nitrogens with zero attached hydrogens (tertiary/aromatic N) is 1. The van der Waals surface area contributed by atoms with E-state index in [1.807, 2.05) is 13.8 Å². The van der Waals surface area contributed by atoms with E-state index in [0.717, 1.165) is 12.8 Å². The lowest BCUT2D eigenvalue weighted by molar-refractivity contribution is -0.385. The predicted molar refractivity (Wildman–Crippen MR) is 79.3 cm³/mol. The Bertz CT molecular complexity index is 488. The molecule has 0 heterocycles. The van der Waals surface area contributed by atoms with E-state index in [9.17, 15) is 10.1 Å². The highest BCUT2D eigenvalue weighted by atomic mass is 16.6. The Kier molecular flexibility index (Phi) is 4.47. The molecule has 1 aromatic rings. The van der Waals surface area contributed by atoms with Gasteiger partial charge < -0.3 is 10.1 Å². The standard InChI is InChI=1S/C15H22N2O3/c1-10(2)20-14-6-4-5-13(15(14)17(18)19)16-12-8-7-11(3)9-12/h4-6,10-12,16H,7-9H2,1-3H3. The van der Waals surface area contributed by atoms with Crippen molar-refractivity contribution < 1.29 is 9.66 Å². The molecule has 2 unspecified atom stereocenters. The summed E-state index contributed by atoms with van der Waals surface area (Å²) in [6, 6.07) is 5.53. The van der Waals surface area contributed by atoms with Crippen molar-refractivity contribution in [2.75, 3.05) is 5.32 Å². The van der Waals surface area contributed by atoms with Crippen molar-refractivity contribution in [2.45, 2.75) is 52.2 Å². The third-order valence-electron chi connectivity index (χ3n) is 3.60. The molecule has 1 aromatic carbocycles. The molecule has 0 aliphatic heterocycles. The van der Waals surface area contributed by atoms with E-state index in [1.54, 1.807) is 18.2 Å². The van der Waals surface area contributed by atoms with Crippen molar-refractivity contribution in [3.8, 4) is 5.75 Å². The Morgan fingerprint density at radius 2 is 2.15 bits per heavy atom. The first-order valence-electron chi connectivity index (χ1n) is 7.18. The Balaban J connectivity index is 2.25. The third kappa shape index (κ3) is 3.40. The zero-order valence-electron chi connectivity index (χ0n) is 12.3. The first-order chi connectivity index (χ1) is 9.47. The fourth-order valence-electron chi connectivity index (χ4n) is 2.73. The molecule has 2 rings (SSSR count). The Hall–Kier alpha value is -1.78. The average Bonchev–Trinajstić information content (AvgIpc) is 2.73. The van der Waals surface area contributed by atoms with E-state index < -0.39 is 0 Å². The molecule has 0 saturated heterocycles. The average molecular weight is 278 g/mol. The number of ether oxygens (including phenoxy) is 1. The Morgan fingerprint density at radius 3 is 2.70 bits per heavy atom. The van der Waals surface area contributed by atoms with Crippen LogP contribution in [0, 0.1) is 16.0 Å². The minimum absolute atomic E-state index is 0.0424. The summed E-state index contributed by atoms with van der Waals surface area (Å²) in [5, 5.41) is 14.7. The van der Waals surface area contributed by atoms with Crippen molar-refractivity contribution >= 4 is 11.4 Å². The zero-order chi connectivity index (χ0) is 14.7. The molecule has 20 heavy (non-hydrogen) atoms. The summed E-state index contributed by atoms with van der Waals surface area (Å²) in [6.07, 6.45) is 3.21. The van der Waals surface area contributed by atoms with E-state index in [4.69, 9.17) is 4.74 Å². The number of nitrogens with one attached hydrogen (secondary N) is 1. The molecule has 0 radical (unpaired) electrons. The maximum absolute atomic E-state index is 11.3. The van der Waals surface area contributed by atoms with Gasteiger partial charge in [0.05, 0.1) is 11.0 Å². The summed E-state index contributed by atoms with van der Waals surface area (Å²) >= 11 is 0. The minimum Gasteiger partial charge on any atom is -0.484 e. The van der Waals surface area contributed by atoms with Crippen LogP contribution in [0.3, 0.4) is 0 Å². The lowest BCUT2D eigenvalue weighted by atomic mass is 10.1. The molecule has 5 heteroatoms. The molecular formula is C15H22N2O3. The number of benzene rings is 1. The van der Waals surface area contributed by atoms with Crippen molar-refractivity contribution in [3.05, 3.63) is 28.3 Å². The molecule has 1 saturated carbocycles. The second-order valence-corrected chi connectivity index (χ2v) is 5.84. The van der Waals surface area contributed by atoms with Crippen LogP contribution in [0.4, 0.5) is 11.4 Å². The maximum Gasteiger partial charge on any atom is 0.333 e. The lowest BCUT2D eigenvalue weighted by Crippen LogP contribution is -2.17. The molecule has 0 aromatic heterocycles. The second kappa shape index (κ2) is 6.11. The topological polar surface area (TPSA) is 64.4 Å². The first kappa shape index (κ1) is 14.6.